The minimum atomic E-state index is -0.427. The fourth-order valence-corrected chi connectivity index (χ4v) is 2.33. The van der Waals surface area contributed by atoms with Crippen LogP contribution in [0.3, 0.4) is 0 Å². The summed E-state index contributed by atoms with van der Waals surface area (Å²) in [6.45, 7) is 2.28. The van der Waals surface area contributed by atoms with Crippen LogP contribution in [0.25, 0.3) is 0 Å². The molecule has 2 N–H and O–H groups in total. The Morgan fingerprint density at radius 2 is 1.88 bits per heavy atom. The summed E-state index contributed by atoms with van der Waals surface area (Å²) in [6.07, 6.45) is 0.739. The highest BCUT2D eigenvalue weighted by Crippen LogP contribution is 2.21. The number of carbonyl (C=O) groups excluding carboxylic acids is 2. The normalized spacial score (nSPS) is 10.2. The van der Waals surface area contributed by atoms with E-state index >= 15 is 0 Å². The molecule has 0 aliphatic rings. The van der Waals surface area contributed by atoms with Gasteiger partial charge in [-0.25, -0.2) is 0 Å². The van der Waals surface area contributed by atoms with E-state index in [2.05, 4.69) is 10.9 Å². The molecule has 2 aromatic carbocycles. The van der Waals surface area contributed by atoms with Gasteiger partial charge in [-0.05, 0) is 55.3 Å². The molecule has 0 saturated carbocycles. The molecule has 5 nitrogen and oxygen atoms in total. The van der Waals surface area contributed by atoms with Crippen molar-refractivity contribution in [3.8, 4) is 5.75 Å². The predicted octanol–water partition coefficient (Wildman–Crippen LogP) is 3.92. The second kappa shape index (κ2) is 9.30. The van der Waals surface area contributed by atoms with Gasteiger partial charge >= 0.3 is 0 Å². The number of aryl methyl sites for hydroxylation is 1. The summed E-state index contributed by atoms with van der Waals surface area (Å²) in [7, 11) is 0. The molecule has 0 aliphatic carbocycles. The molecule has 0 saturated heterocycles. The topological polar surface area (TPSA) is 67.4 Å². The first-order valence-electron chi connectivity index (χ1n) is 7.69. The lowest BCUT2D eigenvalue weighted by Crippen LogP contribution is -2.41. The molecule has 0 radical (unpaired) electrons. The van der Waals surface area contributed by atoms with Crippen molar-refractivity contribution in [2.24, 2.45) is 0 Å². The lowest BCUT2D eigenvalue weighted by Gasteiger charge is -2.09. The van der Waals surface area contributed by atoms with Crippen molar-refractivity contribution in [3.05, 3.63) is 63.6 Å². The van der Waals surface area contributed by atoms with Gasteiger partial charge in [0.1, 0.15) is 5.75 Å². The van der Waals surface area contributed by atoms with E-state index in [0.717, 1.165) is 5.56 Å². The maximum Gasteiger partial charge on any atom is 0.269 e. The van der Waals surface area contributed by atoms with Crippen LogP contribution in [0.5, 0.6) is 5.75 Å². The van der Waals surface area contributed by atoms with Gasteiger partial charge in [-0.2, -0.15) is 0 Å². The SMILES string of the molecule is Cc1cc(OCCCC(=O)NNC(=O)c2cccc(Cl)c2)ccc1Cl. The summed E-state index contributed by atoms with van der Waals surface area (Å²) in [5.41, 5.74) is 6.01. The van der Waals surface area contributed by atoms with Crippen LogP contribution < -0.4 is 15.6 Å². The fourth-order valence-electron chi connectivity index (χ4n) is 2.02. The lowest BCUT2D eigenvalue weighted by molar-refractivity contribution is -0.122. The first-order valence-corrected chi connectivity index (χ1v) is 8.45. The largest absolute Gasteiger partial charge is 0.494 e. The van der Waals surface area contributed by atoms with Crippen LogP contribution >= 0.6 is 23.2 Å². The lowest BCUT2D eigenvalue weighted by atomic mass is 10.2. The van der Waals surface area contributed by atoms with Gasteiger partial charge in [-0.1, -0.05) is 29.3 Å². The average Bonchev–Trinajstić information content (AvgIpc) is 2.59. The summed E-state index contributed by atoms with van der Waals surface area (Å²) in [5, 5.41) is 1.13. The number of rotatable bonds is 6. The molecule has 0 aliphatic heterocycles. The van der Waals surface area contributed by atoms with Crippen LogP contribution in [0.15, 0.2) is 42.5 Å². The molecule has 2 rings (SSSR count). The van der Waals surface area contributed by atoms with Crippen LogP contribution in [-0.2, 0) is 4.79 Å². The van der Waals surface area contributed by atoms with Crippen molar-refractivity contribution >= 4 is 35.0 Å². The Bertz CT molecular complexity index is 766. The van der Waals surface area contributed by atoms with Crippen molar-refractivity contribution in [2.45, 2.75) is 19.8 Å². The third-order valence-corrected chi connectivity index (χ3v) is 4.01. The van der Waals surface area contributed by atoms with Crippen LogP contribution in [0.1, 0.15) is 28.8 Å². The third kappa shape index (κ3) is 6.29. The predicted molar refractivity (Wildman–Crippen MR) is 98.0 cm³/mol. The van der Waals surface area contributed by atoms with Gasteiger partial charge in [-0.15, -0.1) is 0 Å². The smallest absolute Gasteiger partial charge is 0.269 e. The number of halogens is 2. The number of ether oxygens (including phenoxy) is 1. The molecule has 2 amide bonds. The standard InChI is InChI=1S/C18H18Cl2N2O3/c1-12-10-15(7-8-16(12)20)25-9-3-6-17(23)21-22-18(24)13-4-2-5-14(19)11-13/h2,4-5,7-8,10-11H,3,6,9H2,1H3,(H,21,23)(H,22,24). The van der Waals surface area contributed by atoms with Gasteiger partial charge in [0.2, 0.25) is 5.91 Å². The van der Waals surface area contributed by atoms with Gasteiger partial charge in [0.15, 0.2) is 0 Å². The molecule has 0 fully saturated rings. The second-order valence-electron chi connectivity index (χ2n) is 5.38. The summed E-state index contributed by atoms with van der Waals surface area (Å²) < 4.78 is 5.56. The Hall–Kier alpha value is -2.24. The zero-order valence-corrected chi connectivity index (χ0v) is 15.2. The molecular weight excluding hydrogens is 363 g/mol. The van der Waals surface area contributed by atoms with E-state index in [4.69, 9.17) is 27.9 Å². The molecule has 132 valence electrons. The Labute approximate surface area is 156 Å². The van der Waals surface area contributed by atoms with Crippen molar-refractivity contribution in [1.82, 2.24) is 10.9 Å². The Kier molecular flexibility index (Phi) is 7.10. The maximum atomic E-state index is 11.9. The minimum absolute atomic E-state index is 0.225. The number of nitrogens with one attached hydrogen (secondary N) is 2. The highest BCUT2D eigenvalue weighted by Gasteiger charge is 2.08. The van der Waals surface area contributed by atoms with Crippen LogP contribution in [0.4, 0.5) is 0 Å². The first kappa shape index (κ1) is 19.1. The molecule has 0 atom stereocenters. The Morgan fingerprint density at radius 1 is 1.08 bits per heavy atom. The van der Waals surface area contributed by atoms with Crippen molar-refractivity contribution in [3.63, 3.8) is 0 Å². The highest BCUT2D eigenvalue weighted by molar-refractivity contribution is 6.31. The van der Waals surface area contributed by atoms with Gasteiger partial charge < -0.3 is 4.74 Å². The van der Waals surface area contributed by atoms with E-state index in [1.807, 2.05) is 13.0 Å². The quantitative estimate of drug-likeness (QED) is 0.589. The van der Waals surface area contributed by atoms with E-state index < -0.39 is 5.91 Å². The zero-order chi connectivity index (χ0) is 18.2. The average molecular weight is 381 g/mol. The first-order chi connectivity index (χ1) is 12.0. The van der Waals surface area contributed by atoms with E-state index in [9.17, 15) is 9.59 Å². The molecule has 7 heteroatoms. The molecule has 25 heavy (non-hydrogen) atoms. The Morgan fingerprint density at radius 3 is 2.60 bits per heavy atom. The highest BCUT2D eigenvalue weighted by atomic mass is 35.5. The van der Waals surface area contributed by atoms with E-state index in [0.29, 0.717) is 34.4 Å². The van der Waals surface area contributed by atoms with Crippen LogP contribution in [0.2, 0.25) is 10.0 Å². The number of benzene rings is 2. The summed E-state index contributed by atoms with van der Waals surface area (Å²) in [6, 6.07) is 11.8. The van der Waals surface area contributed by atoms with Crippen molar-refractivity contribution < 1.29 is 14.3 Å². The maximum absolute atomic E-state index is 11.9. The van der Waals surface area contributed by atoms with Gasteiger partial charge in [-0.3, -0.25) is 20.4 Å². The molecule has 0 spiro atoms. The molecule has 0 heterocycles. The number of hydrogen-bond donors (Lipinski definition) is 2. The van der Waals surface area contributed by atoms with Gasteiger partial charge in [0.05, 0.1) is 6.61 Å². The monoisotopic (exact) mass is 380 g/mol. The van der Waals surface area contributed by atoms with E-state index in [1.54, 1.807) is 30.3 Å². The molecule has 0 unspecified atom stereocenters. The molecule has 0 bridgehead atoms. The molecule has 2 aromatic rings. The summed E-state index contributed by atoms with van der Waals surface area (Å²) in [5.74, 6) is -0.0217. The van der Waals surface area contributed by atoms with Crippen LogP contribution in [-0.4, -0.2) is 18.4 Å². The van der Waals surface area contributed by atoms with Crippen molar-refractivity contribution in [2.75, 3.05) is 6.61 Å². The number of carbonyl (C=O) groups is 2. The fraction of sp³-hybridized carbons (Fsp3) is 0.222. The second-order valence-corrected chi connectivity index (χ2v) is 6.22. The van der Waals surface area contributed by atoms with E-state index in [1.165, 1.54) is 6.07 Å². The molecule has 0 aromatic heterocycles. The van der Waals surface area contributed by atoms with Gasteiger partial charge in [0, 0.05) is 22.0 Å². The third-order valence-electron chi connectivity index (χ3n) is 3.35. The van der Waals surface area contributed by atoms with Crippen molar-refractivity contribution in [1.29, 1.82) is 0 Å². The van der Waals surface area contributed by atoms with E-state index in [-0.39, 0.29) is 12.3 Å². The summed E-state index contributed by atoms with van der Waals surface area (Å²) >= 11 is 11.8. The summed E-state index contributed by atoms with van der Waals surface area (Å²) in [4.78, 5) is 23.6. The van der Waals surface area contributed by atoms with Gasteiger partial charge in [0.25, 0.3) is 5.91 Å². The Balaban J connectivity index is 1.67. The number of amides is 2. The number of hydrogen-bond acceptors (Lipinski definition) is 3. The minimum Gasteiger partial charge on any atom is -0.494 e. The zero-order valence-electron chi connectivity index (χ0n) is 13.6. The van der Waals surface area contributed by atoms with Crippen LogP contribution in [0, 0.1) is 6.92 Å². The molecular formula is C18H18Cl2N2O3. The number of hydrazine groups is 1.